The van der Waals surface area contributed by atoms with Crippen LogP contribution in [0.2, 0.25) is 0 Å². The molecule has 21 heavy (non-hydrogen) atoms. The fourth-order valence-corrected chi connectivity index (χ4v) is 2.99. The van der Waals surface area contributed by atoms with E-state index in [1.54, 1.807) is 0 Å². The first-order valence-corrected chi connectivity index (χ1v) is 7.62. The highest BCUT2D eigenvalue weighted by atomic mass is 16.2. The molecule has 1 saturated carbocycles. The predicted octanol–water partition coefficient (Wildman–Crippen LogP) is 4.64. The third kappa shape index (κ3) is 2.85. The Labute approximate surface area is 126 Å². The Bertz CT molecular complexity index is 568. The molecule has 108 valence electrons. The average molecular weight is 279 g/mol. The summed E-state index contributed by atoms with van der Waals surface area (Å²) in [5.41, 5.74) is 1.88. The molecular weight excluding hydrogens is 258 g/mol. The highest BCUT2D eigenvalue weighted by Gasteiger charge is 2.42. The lowest BCUT2D eigenvalue weighted by Gasteiger charge is -2.26. The molecule has 1 amide bonds. The second-order valence-electron chi connectivity index (χ2n) is 6.01. The minimum Gasteiger partial charge on any atom is -0.281 e. The quantitative estimate of drug-likeness (QED) is 0.798. The molecule has 0 bridgehead atoms. The summed E-state index contributed by atoms with van der Waals surface area (Å²) in [5.74, 6) is 1.48. The van der Waals surface area contributed by atoms with Gasteiger partial charge in [-0.25, -0.2) is 0 Å². The molecule has 3 rings (SSSR count). The fourth-order valence-electron chi connectivity index (χ4n) is 2.99. The van der Waals surface area contributed by atoms with Crippen molar-refractivity contribution in [1.82, 2.24) is 0 Å². The van der Waals surface area contributed by atoms with Gasteiger partial charge >= 0.3 is 0 Å². The fraction of sp³-hybridized carbons (Fsp3) is 0.316. The molecule has 0 radical (unpaired) electrons. The summed E-state index contributed by atoms with van der Waals surface area (Å²) in [6.07, 6.45) is 1.17. The lowest BCUT2D eigenvalue weighted by Crippen LogP contribution is -2.32. The van der Waals surface area contributed by atoms with Gasteiger partial charge in [-0.3, -0.25) is 9.69 Å². The highest BCUT2D eigenvalue weighted by Crippen LogP contribution is 2.45. The standard InChI is InChI=1S/C19H21NO/c1-14-13-18(14)15(2)19(21)20(16-9-5-3-6-10-16)17-11-7-4-8-12-17/h3-12,14-15,18H,13H2,1-2H3/t14-,15+,18-/m1/s1. The Balaban J connectivity index is 1.95. The molecular formula is C19H21NO. The minimum atomic E-state index is 0.0698. The molecule has 3 atom stereocenters. The molecule has 2 aromatic rings. The maximum atomic E-state index is 13.0. The summed E-state index contributed by atoms with van der Waals surface area (Å²) in [6, 6.07) is 19.8. The summed E-state index contributed by atoms with van der Waals surface area (Å²) in [7, 11) is 0. The number of rotatable bonds is 4. The van der Waals surface area contributed by atoms with Crippen molar-refractivity contribution in [1.29, 1.82) is 0 Å². The number of hydrogen-bond donors (Lipinski definition) is 0. The lowest BCUT2D eigenvalue weighted by atomic mass is 10.0. The van der Waals surface area contributed by atoms with Crippen molar-refractivity contribution in [3.8, 4) is 0 Å². The van der Waals surface area contributed by atoms with Crippen LogP contribution in [0.3, 0.4) is 0 Å². The van der Waals surface area contributed by atoms with Gasteiger partial charge in [0, 0.05) is 17.3 Å². The van der Waals surface area contributed by atoms with Crippen LogP contribution in [-0.4, -0.2) is 5.91 Å². The number of anilines is 2. The molecule has 2 aromatic carbocycles. The third-order valence-corrected chi connectivity index (χ3v) is 4.45. The topological polar surface area (TPSA) is 20.3 Å². The van der Waals surface area contributed by atoms with Crippen molar-refractivity contribution in [3.63, 3.8) is 0 Å². The highest BCUT2D eigenvalue weighted by molar-refractivity contribution is 6.01. The molecule has 0 aliphatic heterocycles. The molecule has 0 spiro atoms. The molecule has 0 heterocycles. The minimum absolute atomic E-state index is 0.0698. The Morgan fingerprint density at radius 3 is 1.81 bits per heavy atom. The van der Waals surface area contributed by atoms with Crippen molar-refractivity contribution in [2.75, 3.05) is 4.90 Å². The normalized spacial score (nSPS) is 21.6. The molecule has 2 nitrogen and oxygen atoms in total. The molecule has 1 aliphatic carbocycles. The van der Waals surface area contributed by atoms with E-state index in [1.807, 2.05) is 65.6 Å². The van der Waals surface area contributed by atoms with E-state index in [1.165, 1.54) is 6.42 Å². The van der Waals surface area contributed by atoms with Gasteiger partial charge in [0.25, 0.3) is 0 Å². The second-order valence-corrected chi connectivity index (χ2v) is 6.01. The van der Waals surface area contributed by atoms with Gasteiger partial charge in [0.05, 0.1) is 0 Å². The summed E-state index contributed by atoms with van der Waals surface area (Å²) < 4.78 is 0. The van der Waals surface area contributed by atoms with Crippen molar-refractivity contribution >= 4 is 17.3 Å². The van der Waals surface area contributed by atoms with E-state index in [9.17, 15) is 4.79 Å². The number of benzene rings is 2. The largest absolute Gasteiger partial charge is 0.281 e. The monoisotopic (exact) mass is 279 g/mol. The van der Waals surface area contributed by atoms with E-state index in [0.29, 0.717) is 11.8 Å². The first kappa shape index (κ1) is 13.9. The van der Waals surface area contributed by atoms with Crippen LogP contribution in [-0.2, 0) is 4.79 Å². The van der Waals surface area contributed by atoms with Crippen molar-refractivity contribution in [2.45, 2.75) is 20.3 Å². The van der Waals surface area contributed by atoms with E-state index in [2.05, 4.69) is 13.8 Å². The molecule has 1 fully saturated rings. The maximum Gasteiger partial charge on any atom is 0.234 e. The second kappa shape index (κ2) is 5.72. The number of nitrogens with zero attached hydrogens (tertiary/aromatic N) is 1. The van der Waals surface area contributed by atoms with Crippen LogP contribution >= 0.6 is 0 Å². The summed E-state index contributed by atoms with van der Waals surface area (Å²) >= 11 is 0. The van der Waals surface area contributed by atoms with Crippen LogP contribution in [0.4, 0.5) is 11.4 Å². The van der Waals surface area contributed by atoms with E-state index < -0.39 is 0 Å². The van der Waals surface area contributed by atoms with Gasteiger partial charge in [0.15, 0.2) is 0 Å². The summed E-state index contributed by atoms with van der Waals surface area (Å²) in [6.45, 7) is 4.29. The van der Waals surface area contributed by atoms with Gasteiger partial charge in [-0.15, -0.1) is 0 Å². The van der Waals surface area contributed by atoms with Crippen LogP contribution < -0.4 is 4.90 Å². The Morgan fingerprint density at radius 1 is 1.00 bits per heavy atom. The average Bonchev–Trinajstić information content (AvgIpc) is 3.26. The smallest absolute Gasteiger partial charge is 0.234 e. The SMILES string of the molecule is C[C@@H]1C[C@H]1[C@H](C)C(=O)N(c1ccccc1)c1ccccc1. The molecule has 0 unspecified atom stereocenters. The lowest BCUT2D eigenvalue weighted by molar-refractivity contribution is -0.121. The van der Waals surface area contributed by atoms with Crippen LogP contribution in [0.1, 0.15) is 20.3 Å². The van der Waals surface area contributed by atoms with Gasteiger partial charge in [-0.05, 0) is 42.5 Å². The van der Waals surface area contributed by atoms with Gasteiger partial charge in [0.1, 0.15) is 0 Å². The molecule has 1 aliphatic rings. The number of carbonyl (C=O) groups excluding carboxylic acids is 1. The molecule has 0 aromatic heterocycles. The maximum absolute atomic E-state index is 13.0. The predicted molar refractivity (Wildman–Crippen MR) is 86.5 cm³/mol. The zero-order chi connectivity index (χ0) is 14.8. The molecule has 0 saturated heterocycles. The van der Waals surface area contributed by atoms with Crippen LogP contribution in [0.15, 0.2) is 60.7 Å². The van der Waals surface area contributed by atoms with E-state index >= 15 is 0 Å². The van der Waals surface area contributed by atoms with E-state index in [-0.39, 0.29) is 11.8 Å². The summed E-state index contributed by atoms with van der Waals surface area (Å²) in [5, 5.41) is 0. The first-order chi connectivity index (χ1) is 10.2. The molecule has 2 heteroatoms. The van der Waals surface area contributed by atoms with Crippen LogP contribution in [0, 0.1) is 17.8 Å². The Kier molecular flexibility index (Phi) is 3.78. The van der Waals surface area contributed by atoms with E-state index in [0.717, 1.165) is 11.4 Å². The van der Waals surface area contributed by atoms with Crippen molar-refractivity contribution in [3.05, 3.63) is 60.7 Å². The number of para-hydroxylation sites is 2. The first-order valence-electron chi connectivity index (χ1n) is 7.62. The van der Waals surface area contributed by atoms with Gasteiger partial charge in [-0.1, -0.05) is 50.2 Å². The zero-order valence-corrected chi connectivity index (χ0v) is 12.6. The van der Waals surface area contributed by atoms with Gasteiger partial charge in [-0.2, -0.15) is 0 Å². The van der Waals surface area contributed by atoms with Gasteiger partial charge < -0.3 is 0 Å². The van der Waals surface area contributed by atoms with Gasteiger partial charge in [0.2, 0.25) is 5.91 Å². The number of hydrogen-bond acceptors (Lipinski definition) is 1. The van der Waals surface area contributed by atoms with Crippen LogP contribution in [0.5, 0.6) is 0 Å². The van der Waals surface area contributed by atoms with Crippen molar-refractivity contribution < 1.29 is 4.79 Å². The van der Waals surface area contributed by atoms with Crippen molar-refractivity contribution in [2.24, 2.45) is 17.8 Å². The Hall–Kier alpha value is -2.09. The number of amides is 1. The Morgan fingerprint density at radius 2 is 1.43 bits per heavy atom. The third-order valence-electron chi connectivity index (χ3n) is 4.45. The molecule has 0 N–H and O–H groups in total. The van der Waals surface area contributed by atoms with Crippen LogP contribution in [0.25, 0.3) is 0 Å². The zero-order valence-electron chi connectivity index (χ0n) is 12.6. The summed E-state index contributed by atoms with van der Waals surface area (Å²) in [4.78, 5) is 14.9. The number of carbonyl (C=O) groups is 1. The van der Waals surface area contributed by atoms with E-state index in [4.69, 9.17) is 0 Å².